The van der Waals surface area contributed by atoms with Crippen molar-refractivity contribution < 1.29 is 4.79 Å². The van der Waals surface area contributed by atoms with Crippen LogP contribution >= 0.6 is 43.5 Å². The molecule has 0 saturated carbocycles. The van der Waals surface area contributed by atoms with Crippen LogP contribution in [0.25, 0.3) is 10.6 Å². The summed E-state index contributed by atoms with van der Waals surface area (Å²) in [5, 5.41) is 0. The van der Waals surface area contributed by atoms with E-state index in [0.717, 1.165) is 15.6 Å². The van der Waals surface area contributed by atoms with Gasteiger partial charge in [-0.05, 0) is 17.7 Å². The summed E-state index contributed by atoms with van der Waals surface area (Å²) in [4.78, 5) is 11.7. The minimum absolute atomic E-state index is 0.0501. The molecule has 0 amide bonds. The molecule has 0 fully saturated rings. The predicted octanol–water partition coefficient (Wildman–Crippen LogP) is 4.88. The summed E-state index contributed by atoms with van der Waals surface area (Å²) in [5.74, 6) is -0.182. The van der Waals surface area contributed by atoms with E-state index in [2.05, 4.69) is 45.0 Å². The van der Waals surface area contributed by atoms with E-state index in [1.54, 1.807) is 18.2 Å². The minimum atomic E-state index is -0.132. The Kier molecular flexibility index (Phi) is 4.96. The maximum atomic E-state index is 11.7. The minimum Gasteiger partial charge on any atom is -0.293 e. The maximum Gasteiger partial charge on any atom is 0.178 e. The largest absolute Gasteiger partial charge is 0.293 e. The van der Waals surface area contributed by atoms with Crippen molar-refractivity contribution in [3.8, 4) is 0 Å². The van der Waals surface area contributed by atoms with E-state index in [0.29, 0.717) is 10.0 Å². The Hall–Kier alpha value is -0.380. The highest BCUT2D eigenvalue weighted by atomic mass is 79.9. The topological polar surface area (TPSA) is 17.1 Å². The van der Waals surface area contributed by atoms with Crippen molar-refractivity contribution in [2.75, 3.05) is 5.88 Å². The van der Waals surface area contributed by atoms with Gasteiger partial charge in [-0.3, -0.25) is 4.79 Å². The Balaban J connectivity index is 3.57. The third-order valence-corrected chi connectivity index (χ3v) is 3.42. The number of Topliss-reactive ketones (excluding diaryl/α,β-unsaturated/α-hetero) is 1. The van der Waals surface area contributed by atoms with E-state index in [9.17, 15) is 4.79 Å². The first kappa shape index (κ1) is 13.7. The molecular formula is C12H9Br2ClO. The van der Waals surface area contributed by atoms with Gasteiger partial charge in [-0.2, -0.15) is 0 Å². The first-order valence-corrected chi connectivity index (χ1v) is 6.53. The molecule has 1 aromatic rings. The Labute approximate surface area is 116 Å². The molecule has 0 saturated heterocycles. The maximum absolute atomic E-state index is 11.7. The molecule has 0 N–H and O–H groups in total. The molecule has 0 radical (unpaired) electrons. The summed E-state index contributed by atoms with van der Waals surface area (Å²) in [6, 6.07) is 3.53. The fourth-order valence-electron chi connectivity index (χ4n) is 1.39. The third-order valence-electron chi connectivity index (χ3n) is 2.09. The lowest BCUT2D eigenvalue weighted by Crippen LogP contribution is -2.05. The molecule has 1 aromatic carbocycles. The second kappa shape index (κ2) is 5.80. The molecule has 0 aliphatic rings. The molecule has 0 spiro atoms. The first-order chi connectivity index (χ1) is 7.52. The van der Waals surface area contributed by atoms with Crippen LogP contribution in [0.3, 0.4) is 0 Å². The van der Waals surface area contributed by atoms with Crippen LogP contribution in [0.5, 0.6) is 0 Å². The molecule has 84 valence electrons. The van der Waals surface area contributed by atoms with Gasteiger partial charge in [0.1, 0.15) is 0 Å². The van der Waals surface area contributed by atoms with Gasteiger partial charge >= 0.3 is 0 Å². The Morgan fingerprint density at radius 2 is 2.12 bits per heavy atom. The monoisotopic (exact) mass is 362 g/mol. The Morgan fingerprint density at radius 3 is 2.56 bits per heavy atom. The van der Waals surface area contributed by atoms with Crippen molar-refractivity contribution in [3.05, 3.63) is 46.5 Å². The molecule has 0 atom stereocenters. The Morgan fingerprint density at radius 1 is 1.50 bits per heavy atom. The summed E-state index contributed by atoms with van der Waals surface area (Å²) < 4.78 is 1.50. The number of rotatable bonds is 4. The summed E-state index contributed by atoms with van der Waals surface area (Å²) in [6.07, 6.45) is 1.68. The molecule has 0 aliphatic carbocycles. The number of hydrogen-bond acceptors (Lipinski definition) is 1. The molecule has 4 heteroatoms. The highest BCUT2D eigenvalue weighted by molar-refractivity contribution is 9.15. The lowest BCUT2D eigenvalue weighted by Gasteiger charge is -2.11. The second-order valence-electron chi connectivity index (χ2n) is 3.05. The van der Waals surface area contributed by atoms with Gasteiger partial charge in [0.2, 0.25) is 0 Å². The molecule has 0 heterocycles. The van der Waals surface area contributed by atoms with Gasteiger partial charge in [0.15, 0.2) is 5.78 Å². The standard InChI is InChI=1S/C12H9Br2ClO/c1-3-8-10(14)5-4-9(11(16)6-15)12(8)7(2)13/h3-5H,1-2,6H2. The van der Waals surface area contributed by atoms with Crippen molar-refractivity contribution >= 4 is 59.8 Å². The van der Waals surface area contributed by atoms with Crippen LogP contribution in [0.4, 0.5) is 0 Å². The fourth-order valence-corrected chi connectivity index (χ4v) is 2.45. The van der Waals surface area contributed by atoms with E-state index in [-0.39, 0.29) is 11.7 Å². The molecule has 0 aliphatic heterocycles. The van der Waals surface area contributed by atoms with Crippen LogP contribution < -0.4 is 0 Å². The molecule has 1 rings (SSSR count). The molecule has 16 heavy (non-hydrogen) atoms. The van der Waals surface area contributed by atoms with Crippen molar-refractivity contribution in [2.45, 2.75) is 0 Å². The smallest absolute Gasteiger partial charge is 0.178 e. The lowest BCUT2D eigenvalue weighted by atomic mass is 9.98. The number of carbonyl (C=O) groups is 1. The summed E-state index contributed by atoms with van der Waals surface area (Å²) in [6.45, 7) is 7.53. The lowest BCUT2D eigenvalue weighted by molar-refractivity contribution is 0.102. The van der Waals surface area contributed by atoms with E-state index >= 15 is 0 Å². The van der Waals surface area contributed by atoms with Crippen LogP contribution in [0.15, 0.2) is 29.8 Å². The average Bonchev–Trinajstić information content (AvgIpc) is 2.27. The van der Waals surface area contributed by atoms with Gasteiger partial charge < -0.3 is 0 Å². The molecule has 0 unspecified atom stereocenters. The summed E-state index contributed by atoms with van der Waals surface area (Å²) in [5.41, 5.74) is 2.11. The second-order valence-corrected chi connectivity index (χ2v) is 5.13. The highest BCUT2D eigenvalue weighted by Crippen LogP contribution is 2.33. The zero-order valence-corrected chi connectivity index (χ0v) is 12.3. The van der Waals surface area contributed by atoms with Crippen LogP contribution in [0.2, 0.25) is 0 Å². The predicted molar refractivity (Wildman–Crippen MR) is 77.2 cm³/mol. The average molecular weight is 364 g/mol. The number of benzene rings is 1. The number of alkyl halides is 1. The van der Waals surface area contributed by atoms with Gasteiger partial charge in [0, 0.05) is 20.1 Å². The van der Waals surface area contributed by atoms with E-state index in [1.165, 1.54) is 0 Å². The normalized spacial score (nSPS) is 9.94. The number of ketones is 1. The van der Waals surface area contributed by atoms with Gasteiger partial charge in [-0.15, -0.1) is 11.6 Å². The number of carbonyl (C=O) groups excluding carboxylic acids is 1. The van der Waals surface area contributed by atoms with Gasteiger partial charge in [-0.25, -0.2) is 0 Å². The van der Waals surface area contributed by atoms with E-state index < -0.39 is 0 Å². The number of hydrogen-bond donors (Lipinski definition) is 0. The van der Waals surface area contributed by atoms with E-state index in [4.69, 9.17) is 11.6 Å². The van der Waals surface area contributed by atoms with Crippen molar-refractivity contribution in [1.82, 2.24) is 0 Å². The van der Waals surface area contributed by atoms with Crippen molar-refractivity contribution in [2.24, 2.45) is 0 Å². The van der Waals surface area contributed by atoms with Crippen LogP contribution in [0, 0.1) is 0 Å². The van der Waals surface area contributed by atoms with E-state index in [1.807, 2.05) is 0 Å². The summed E-state index contributed by atoms with van der Waals surface area (Å²) in [7, 11) is 0. The number of halogens is 3. The zero-order valence-electron chi connectivity index (χ0n) is 8.40. The SMILES string of the molecule is C=Cc1c(Br)ccc(C(=O)CCl)c1C(=C)Br. The molecular weight excluding hydrogens is 355 g/mol. The van der Waals surface area contributed by atoms with Crippen LogP contribution in [-0.4, -0.2) is 11.7 Å². The first-order valence-electron chi connectivity index (χ1n) is 4.41. The van der Waals surface area contributed by atoms with Crippen LogP contribution in [0.1, 0.15) is 21.5 Å². The fraction of sp³-hybridized carbons (Fsp3) is 0.0833. The van der Waals surface area contributed by atoms with Gasteiger partial charge in [0.25, 0.3) is 0 Å². The highest BCUT2D eigenvalue weighted by Gasteiger charge is 2.16. The van der Waals surface area contributed by atoms with Crippen molar-refractivity contribution in [1.29, 1.82) is 0 Å². The van der Waals surface area contributed by atoms with Crippen molar-refractivity contribution in [3.63, 3.8) is 0 Å². The Bertz CT molecular complexity index is 466. The molecule has 0 aromatic heterocycles. The quantitative estimate of drug-likeness (QED) is 0.550. The van der Waals surface area contributed by atoms with Crippen LogP contribution in [-0.2, 0) is 0 Å². The van der Waals surface area contributed by atoms with Gasteiger partial charge in [0.05, 0.1) is 5.88 Å². The molecule has 1 nitrogen and oxygen atoms in total. The third kappa shape index (κ3) is 2.65. The zero-order chi connectivity index (χ0) is 12.3. The summed E-state index contributed by atoms with van der Waals surface area (Å²) >= 11 is 12.3. The van der Waals surface area contributed by atoms with Gasteiger partial charge in [-0.1, -0.05) is 51.1 Å². The molecule has 0 bridgehead atoms.